The molecule has 2 rings (SSSR count). The number of morpholine rings is 1. The average Bonchev–Trinajstić information content (AvgIpc) is 2.48. The van der Waals surface area contributed by atoms with Crippen molar-refractivity contribution < 1.29 is 14.3 Å². The molecular weight excluding hydrogens is 326 g/mol. The van der Waals surface area contributed by atoms with Crippen LogP contribution in [0.15, 0.2) is 22.8 Å². The summed E-state index contributed by atoms with van der Waals surface area (Å²) < 4.78 is 5.82. The highest BCUT2D eigenvalue weighted by Crippen LogP contribution is 2.12. The molecule has 1 saturated heterocycles. The van der Waals surface area contributed by atoms with Crippen LogP contribution in [0.25, 0.3) is 0 Å². The van der Waals surface area contributed by atoms with Gasteiger partial charge >= 0.3 is 0 Å². The Morgan fingerprint density at radius 3 is 2.85 bits per heavy atom. The number of hydrogen-bond acceptors (Lipinski definition) is 4. The number of carbonyl (C=O) groups is 2. The number of nitrogens with zero attached hydrogens (tertiary/aromatic N) is 2. The molecule has 0 atom stereocenters. The molecule has 7 heteroatoms. The van der Waals surface area contributed by atoms with Crippen molar-refractivity contribution in [2.45, 2.75) is 6.42 Å². The van der Waals surface area contributed by atoms with E-state index in [0.29, 0.717) is 43.0 Å². The van der Waals surface area contributed by atoms with Crippen molar-refractivity contribution in [3.8, 4) is 0 Å². The summed E-state index contributed by atoms with van der Waals surface area (Å²) in [5, 5.41) is 2.70. The Hall–Kier alpha value is -1.47. The van der Waals surface area contributed by atoms with Crippen molar-refractivity contribution in [3.63, 3.8) is 0 Å². The molecule has 0 saturated carbocycles. The van der Waals surface area contributed by atoms with Crippen LogP contribution in [-0.2, 0) is 9.53 Å². The predicted octanol–water partition coefficient (Wildman–Crippen LogP) is 0.823. The molecule has 1 aliphatic rings. The van der Waals surface area contributed by atoms with E-state index < -0.39 is 0 Å². The minimum absolute atomic E-state index is 0.0358. The zero-order valence-electron chi connectivity index (χ0n) is 11.0. The Morgan fingerprint density at radius 1 is 1.40 bits per heavy atom. The molecule has 1 aliphatic heterocycles. The van der Waals surface area contributed by atoms with Crippen LogP contribution in [0.4, 0.5) is 0 Å². The summed E-state index contributed by atoms with van der Waals surface area (Å²) in [4.78, 5) is 29.5. The van der Waals surface area contributed by atoms with Gasteiger partial charge in [0.25, 0.3) is 5.91 Å². The van der Waals surface area contributed by atoms with E-state index >= 15 is 0 Å². The molecule has 1 aromatic rings. The highest BCUT2D eigenvalue weighted by molar-refractivity contribution is 9.10. The summed E-state index contributed by atoms with van der Waals surface area (Å²) >= 11 is 3.27. The number of rotatable bonds is 4. The minimum atomic E-state index is -0.285. The molecule has 2 heterocycles. The van der Waals surface area contributed by atoms with Crippen LogP contribution in [0.2, 0.25) is 0 Å². The molecule has 0 aliphatic carbocycles. The van der Waals surface area contributed by atoms with Crippen LogP contribution in [0.1, 0.15) is 16.9 Å². The van der Waals surface area contributed by atoms with E-state index in [-0.39, 0.29) is 18.2 Å². The number of pyridine rings is 1. The van der Waals surface area contributed by atoms with Gasteiger partial charge in [0.1, 0.15) is 5.69 Å². The number of hydrogen-bond donors (Lipinski definition) is 1. The van der Waals surface area contributed by atoms with Crippen molar-refractivity contribution in [3.05, 3.63) is 28.5 Å². The SMILES string of the molecule is O=C(NCCC(=O)N1CCOCC1)c1ncccc1Br. The molecule has 2 amide bonds. The quantitative estimate of drug-likeness (QED) is 0.880. The first-order valence-corrected chi connectivity index (χ1v) is 7.22. The van der Waals surface area contributed by atoms with Crippen molar-refractivity contribution in [1.82, 2.24) is 15.2 Å². The van der Waals surface area contributed by atoms with Gasteiger partial charge in [0.15, 0.2) is 0 Å². The second-order valence-corrected chi connectivity index (χ2v) is 5.19. The fourth-order valence-electron chi connectivity index (χ4n) is 1.89. The molecule has 108 valence electrons. The Labute approximate surface area is 125 Å². The average molecular weight is 342 g/mol. The third kappa shape index (κ3) is 4.01. The summed E-state index contributed by atoms with van der Waals surface area (Å²) in [6, 6.07) is 3.49. The second-order valence-electron chi connectivity index (χ2n) is 4.33. The van der Waals surface area contributed by atoms with Crippen molar-refractivity contribution in [2.75, 3.05) is 32.8 Å². The lowest BCUT2D eigenvalue weighted by Gasteiger charge is -2.26. The Balaban J connectivity index is 1.76. The van der Waals surface area contributed by atoms with Crippen LogP contribution in [0.5, 0.6) is 0 Å². The highest BCUT2D eigenvalue weighted by Gasteiger charge is 2.17. The summed E-state index contributed by atoms with van der Waals surface area (Å²) in [6.45, 7) is 2.72. The molecule has 1 aromatic heterocycles. The number of amides is 2. The lowest BCUT2D eigenvalue weighted by molar-refractivity contribution is -0.135. The number of aromatic nitrogens is 1. The third-order valence-corrected chi connectivity index (χ3v) is 3.60. The van der Waals surface area contributed by atoms with E-state index in [2.05, 4.69) is 26.2 Å². The van der Waals surface area contributed by atoms with Gasteiger partial charge in [-0.05, 0) is 28.1 Å². The number of halogens is 1. The van der Waals surface area contributed by atoms with Crippen LogP contribution in [-0.4, -0.2) is 54.5 Å². The van der Waals surface area contributed by atoms with Crippen LogP contribution in [0.3, 0.4) is 0 Å². The van der Waals surface area contributed by atoms with Crippen LogP contribution >= 0.6 is 15.9 Å². The number of carbonyl (C=O) groups excluding carboxylic acids is 2. The molecular formula is C13H16BrN3O3. The van der Waals surface area contributed by atoms with Gasteiger partial charge in [-0.25, -0.2) is 4.98 Å². The lowest BCUT2D eigenvalue weighted by Crippen LogP contribution is -2.42. The predicted molar refractivity (Wildman–Crippen MR) is 76.3 cm³/mol. The fourth-order valence-corrected chi connectivity index (χ4v) is 2.33. The Bertz CT molecular complexity index is 490. The van der Waals surface area contributed by atoms with E-state index in [1.165, 1.54) is 0 Å². The van der Waals surface area contributed by atoms with Crippen molar-refractivity contribution >= 4 is 27.7 Å². The molecule has 20 heavy (non-hydrogen) atoms. The number of nitrogens with one attached hydrogen (secondary N) is 1. The smallest absolute Gasteiger partial charge is 0.271 e. The first-order valence-electron chi connectivity index (χ1n) is 6.42. The van der Waals surface area contributed by atoms with Crippen LogP contribution < -0.4 is 5.32 Å². The zero-order valence-corrected chi connectivity index (χ0v) is 12.6. The van der Waals surface area contributed by atoms with Gasteiger partial charge in [-0.2, -0.15) is 0 Å². The third-order valence-electron chi connectivity index (χ3n) is 2.96. The van der Waals surface area contributed by atoms with Gasteiger partial charge in [0, 0.05) is 36.7 Å². The maximum atomic E-state index is 11.9. The minimum Gasteiger partial charge on any atom is -0.378 e. The maximum absolute atomic E-state index is 11.9. The fraction of sp³-hybridized carbons (Fsp3) is 0.462. The standard InChI is InChI=1S/C13H16BrN3O3/c14-10-2-1-4-15-12(10)13(19)16-5-3-11(18)17-6-8-20-9-7-17/h1-2,4H,3,5-9H2,(H,16,19). The van der Waals surface area contributed by atoms with Crippen LogP contribution in [0, 0.1) is 0 Å². The van der Waals surface area contributed by atoms with Crippen molar-refractivity contribution in [2.24, 2.45) is 0 Å². The van der Waals surface area contributed by atoms with E-state index in [0.717, 1.165) is 0 Å². The molecule has 0 aromatic carbocycles. The molecule has 0 spiro atoms. The van der Waals surface area contributed by atoms with E-state index in [1.54, 1.807) is 23.2 Å². The van der Waals surface area contributed by atoms with Crippen molar-refractivity contribution in [1.29, 1.82) is 0 Å². The van der Waals surface area contributed by atoms with E-state index in [9.17, 15) is 9.59 Å². The van der Waals surface area contributed by atoms with Gasteiger partial charge < -0.3 is 15.0 Å². The summed E-state index contributed by atoms with van der Waals surface area (Å²) in [5.41, 5.74) is 0.325. The molecule has 0 unspecified atom stereocenters. The normalized spacial score (nSPS) is 14.9. The molecule has 6 nitrogen and oxygen atoms in total. The summed E-state index contributed by atoms with van der Waals surface area (Å²) in [5.74, 6) is -0.249. The van der Waals surface area contributed by atoms with Gasteiger partial charge in [-0.3, -0.25) is 9.59 Å². The first kappa shape index (κ1) is 14.9. The Kier molecular flexibility index (Phi) is 5.49. The Morgan fingerprint density at radius 2 is 2.15 bits per heavy atom. The summed E-state index contributed by atoms with van der Waals surface area (Å²) in [7, 11) is 0. The second kappa shape index (κ2) is 7.35. The van der Waals surface area contributed by atoms with Gasteiger partial charge in [0.2, 0.25) is 5.91 Å². The van der Waals surface area contributed by atoms with E-state index in [4.69, 9.17) is 4.74 Å². The highest BCUT2D eigenvalue weighted by atomic mass is 79.9. The zero-order chi connectivity index (χ0) is 14.4. The molecule has 1 fully saturated rings. The topological polar surface area (TPSA) is 71.5 Å². The number of ether oxygens (including phenoxy) is 1. The van der Waals surface area contributed by atoms with E-state index in [1.807, 2.05) is 0 Å². The largest absolute Gasteiger partial charge is 0.378 e. The first-order chi connectivity index (χ1) is 9.68. The molecule has 0 radical (unpaired) electrons. The maximum Gasteiger partial charge on any atom is 0.271 e. The lowest BCUT2D eigenvalue weighted by atomic mass is 10.3. The van der Waals surface area contributed by atoms with Gasteiger partial charge in [-0.15, -0.1) is 0 Å². The van der Waals surface area contributed by atoms with Gasteiger partial charge in [0.05, 0.1) is 13.2 Å². The monoisotopic (exact) mass is 341 g/mol. The van der Waals surface area contributed by atoms with Gasteiger partial charge in [-0.1, -0.05) is 0 Å². The summed E-state index contributed by atoms with van der Waals surface area (Å²) in [6.07, 6.45) is 1.84. The molecule has 0 bridgehead atoms. The molecule has 1 N–H and O–H groups in total.